The van der Waals surface area contributed by atoms with E-state index in [0.29, 0.717) is 13.0 Å². The zero-order valence-corrected chi connectivity index (χ0v) is 12.3. The number of rotatable bonds is 6. The number of amides is 1. The summed E-state index contributed by atoms with van der Waals surface area (Å²) >= 11 is 0. The average Bonchev–Trinajstić information content (AvgIpc) is 2.94. The molecule has 0 bridgehead atoms. The van der Waals surface area contributed by atoms with Crippen LogP contribution in [0.3, 0.4) is 0 Å². The summed E-state index contributed by atoms with van der Waals surface area (Å²) in [7, 11) is 3.16. The summed E-state index contributed by atoms with van der Waals surface area (Å²) in [5.74, 6) is 0.0456. The molecule has 0 radical (unpaired) electrons. The van der Waals surface area contributed by atoms with Crippen molar-refractivity contribution in [3.63, 3.8) is 0 Å². The van der Waals surface area contributed by atoms with E-state index in [1.807, 2.05) is 30.3 Å². The second kappa shape index (κ2) is 7.97. The lowest BCUT2D eigenvalue weighted by atomic mass is 10.1. The minimum absolute atomic E-state index is 0.0456. The summed E-state index contributed by atoms with van der Waals surface area (Å²) in [6, 6.07) is 9.53. The van der Waals surface area contributed by atoms with Gasteiger partial charge in [-0.05, 0) is 5.56 Å². The fraction of sp³-hybridized carbons (Fsp3) is 0.533. The van der Waals surface area contributed by atoms with E-state index in [1.54, 1.807) is 14.2 Å². The molecule has 0 aromatic heterocycles. The molecule has 0 spiro atoms. The minimum Gasteiger partial charge on any atom is -0.445 e. The lowest BCUT2D eigenvalue weighted by Crippen LogP contribution is -2.33. The highest BCUT2D eigenvalue weighted by molar-refractivity contribution is 5.67. The fourth-order valence-corrected chi connectivity index (χ4v) is 2.24. The third kappa shape index (κ3) is 4.70. The van der Waals surface area contributed by atoms with E-state index in [-0.39, 0.29) is 25.1 Å². The summed E-state index contributed by atoms with van der Waals surface area (Å²) < 4.78 is 21.0. The van der Waals surface area contributed by atoms with Crippen LogP contribution in [-0.4, -0.2) is 39.4 Å². The van der Waals surface area contributed by atoms with Gasteiger partial charge in [0.15, 0.2) is 12.6 Å². The highest BCUT2D eigenvalue weighted by atomic mass is 16.8. The molecule has 1 aromatic carbocycles. The van der Waals surface area contributed by atoms with Gasteiger partial charge in [-0.2, -0.15) is 0 Å². The van der Waals surface area contributed by atoms with Crippen LogP contribution in [0.2, 0.25) is 0 Å². The molecule has 2 rings (SSSR count). The lowest BCUT2D eigenvalue weighted by Gasteiger charge is -2.16. The Bertz CT molecular complexity index is 439. The molecule has 1 N–H and O–H groups in total. The van der Waals surface area contributed by atoms with Gasteiger partial charge in [0.05, 0.1) is 0 Å². The number of ether oxygens (including phenoxy) is 4. The van der Waals surface area contributed by atoms with E-state index in [0.717, 1.165) is 5.56 Å². The SMILES string of the molecule is COC1CC(CNC(=O)OCc2ccccc2)C(OC)O1. The smallest absolute Gasteiger partial charge is 0.407 e. The molecular formula is C15H21NO5. The predicted molar refractivity (Wildman–Crippen MR) is 75.4 cm³/mol. The summed E-state index contributed by atoms with van der Waals surface area (Å²) in [4.78, 5) is 11.7. The van der Waals surface area contributed by atoms with Crippen molar-refractivity contribution in [3.05, 3.63) is 35.9 Å². The Morgan fingerprint density at radius 2 is 2.05 bits per heavy atom. The first-order chi connectivity index (χ1) is 10.2. The number of hydrogen-bond acceptors (Lipinski definition) is 5. The van der Waals surface area contributed by atoms with Crippen molar-refractivity contribution >= 4 is 6.09 Å². The zero-order chi connectivity index (χ0) is 15.1. The van der Waals surface area contributed by atoms with Gasteiger partial charge < -0.3 is 24.3 Å². The molecule has 1 aliphatic heterocycles. The molecule has 1 fully saturated rings. The Balaban J connectivity index is 1.71. The standard InChI is InChI=1S/C15H21NO5/c1-18-13-8-12(14(19-2)21-13)9-16-15(17)20-10-11-6-4-3-5-7-11/h3-7,12-14H,8-10H2,1-2H3,(H,16,17). The monoisotopic (exact) mass is 295 g/mol. The molecule has 3 unspecified atom stereocenters. The van der Waals surface area contributed by atoms with Gasteiger partial charge in [-0.15, -0.1) is 0 Å². The molecule has 0 aliphatic carbocycles. The van der Waals surface area contributed by atoms with Gasteiger partial charge in [-0.25, -0.2) is 4.79 Å². The van der Waals surface area contributed by atoms with Gasteiger partial charge in [0, 0.05) is 33.1 Å². The van der Waals surface area contributed by atoms with E-state index in [1.165, 1.54) is 0 Å². The van der Waals surface area contributed by atoms with Crippen molar-refractivity contribution in [2.45, 2.75) is 25.6 Å². The molecule has 6 nitrogen and oxygen atoms in total. The highest BCUT2D eigenvalue weighted by Gasteiger charge is 2.35. The Labute approximate surface area is 124 Å². The van der Waals surface area contributed by atoms with Crippen LogP contribution >= 0.6 is 0 Å². The van der Waals surface area contributed by atoms with Crippen LogP contribution in [0, 0.1) is 5.92 Å². The van der Waals surface area contributed by atoms with E-state index < -0.39 is 6.09 Å². The molecular weight excluding hydrogens is 274 g/mol. The van der Waals surface area contributed by atoms with Crippen molar-refractivity contribution in [1.82, 2.24) is 5.32 Å². The van der Waals surface area contributed by atoms with Crippen LogP contribution < -0.4 is 5.32 Å². The lowest BCUT2D eigenvalue weighted by molar-refractivity contribution is -0.192. The van der Waals surface area contributed by atoms with E-state index in [2.05, 4.69) is 5.32 Å². The molecule has 0 saturated carbocycles. The maximum Gasteiger partial charge on any atom is 0.407 e. The molecule has 1 aromatic rings. The molecule has 1 heterocycles. The third-order valence-electron chi connectivity index (χ3n) is 3.38. The maximum absolute atomic E-state index is 11.7. The fourth-order valence-electron chi connectivity index (χ4n) is 2.24. The van der Waals surface area contributed by atoms with Crippen LogP contribution in [0.1, 0.15) is 12.0 Å². The van der Waals surface area contributed by atoms with Crippen LogP contribution in [0.25, 0.3) is 0 Å². The van der Waals surface area contributed by atoms with Gasteiger partial charge in [0.25, 0.3) is 0 Å². The second-order valence-electron chi connectivity index (χ2n) is 4.84. The van der Waals surface area contributed by atoms with Crippen LogP contribution in [0.4, 0.5) is 4.79 Å². The Morgan fingerprint density at radius 3 is 2.71 bits per heavy atom. The van der Waals surface area contributed by atoms with Crippen molar-refractivity contribution < 1.29 is 23.7 Å². The molecule has 21 heavy (non-hydrogen) atoms. The Morgan fingerprint density at radius 1 is 1.29 bits per heavy atom. The first-order valence-corrected chi connectivity index (χ1v) is 6.88. The van der Waals surface area contributed by atoms with Crippen molar-refractivity contribution in [3.8, 4) is 0 Å². The van der Waals surface area contributed by atoms with Gasteiger partial charge in [0.1, 0.15) is 6.61 Å². The van der Waals surface area contributed by atoms with Gasteiger partial charge >= 0.3 is 6.09 Å². The second-order valence-corrected chi connectivity index (χ2v) is 4.84. The summed E-state index contributed by atoms with van der Waals surface area (Å²) in [6.07, 6.45) is -0.436. The largest absolute Gasteiger partial charge is 0.445 e. The molecule has 116 valence electrons. The van der Waals surface area contributed by atoms with Crippen LogP contribution in [-0.2, 0) is 25.6 Å². The van der Waals surface area contributed by atoms with Crippen LogP contribution in [0.15, 0.2) is 30.3 Å². The zero-order valence-electron chi connectivity index (χ0n) is 12.3. The Kier molecular flexibility index (Phi) is 5.98. The molecule has 1 aliphatic rings. The normalized spacial score (nSPS) is 24.8. The third-order valence-corrected chi connectivity index (χ3v) is 3.38. The number of methoxy groups -OCH3 is 2. The van der Waals surface area contributed by atoms with E-state index >= 15 is 0 Å². The molecule has 1 saturated heterocycles. The van der Waals surface area contributed by atoms with Gasteiger partial charge in [-0.3, -0.25) is 0 Å². The highest BCUT2D eigenvalue weighted by Crippen LogP contribution is 2.26. The van der Waals surface area contributed by atoms with Crippen LogP contribution in [0.5, 0.6) is 0 Å². The van der Waals surface area contributed by atoms with Gasteiger partial charge in [0.2, 0.25) is 0 Å². The van der Waals surface area contributed by atoms with E-state index in [4.69, 9.17) is 18.9 Å². The minimum atomic E-state index is -0.449. The van der Waals surface area contributed by atoms with E-state index in [9.17, 15) is 4.79 Å². The van der Waals surface area contributed by atoms with Crippen molar-refractivity contribution in [1.29, 1.82) is 0 Å². The topological polar surface area (TPSA) is 66.0 Å². The number of nitrogens with one attached hydrogen (secondary N) is 1. The number of hydrogen-bond donors (Lipinski definition) is 1. The summed E-state index contributed by atoms with van der Waals surface area (Å²) in [6.45, 7) is 0.675. The quantitative estimate of drug-likeness (QED) is 0.868. The number of carbonyl (C=O) groups excluding carboxylic acids is 1. The summed E-state index contributed by atoms with van der Waals surface area (Å²) in [5.41, 5.74) is 0.950. The van der Waals surface area contributed by atoms with Gasteiger partial charge in [-0.1, -0.05) is 30.3 Å². The number of carbonyl (C=O) groups is 1. The maximum atomic E-state index is 11.7. The predicted octanol–water partition coefficient (Wildman–Crippen LogP) is 1.89. The van der Waals surface area contributed by atoms with Crippen molar-refractivity contribution in [2.24, 2.45) is 5.92 Å². The summed E-state index contributed by atoms with van der Waals surface area (Å²) in [5, 5.41) is 2.73. The Hall–Kier alpha value is -1.63. The first kappa shape index (κ1) is 15.8. The van der Waals surface area contributed by atoms with Crippen molar-refractivity contribution in [2.75, 3.05) is 20.8 Å². The molecule has 1 amide bonds. The molecule has 3 atom stereocenters. The average molecular weight is 295 g/mol. The number of alkyl carbamates (subject to hydrolysis) is 1. The first-order valence-electron chi connectivity index (χ1n) is 6.88. The number of benzene rings is 1. The molecule has 6 heteroatoms.